The molecule has 3 nitrogen and oxygen atoms in total. The van der Waals surface area contributed by atoms with Crippen LogP contribution in [0, 0.1) is 0 Å². The Hall–Kier alpha value is -2.78. The second-order valence-corrected chi connectivity index (χ2v) is 8.34. The highest BCUT2D eigenvalue weighted by Gasteiger charge is 2.35. The molecular weight excluding hydrogens is 382 g/mol. The van der Waals surface area contributed by atoms with Crippen LogP contribution < -0.4 is 5.32 Å². The average molecular weight is 408 g/mol. The smallest absolute Gasteiger partial charge is 0.316 e. The van der Waals surface area contributed by atoms with E-state index >= 15 is 0 Å². The van der Waals surface area contributed by atoms with Crippen molar-refractivity contribution in [1.82, 2.24) is 0 Å². The molecule has 2 atom stereocenters. The lowest BCUT2D eigenvalue weighted by Gasteiger charge is -2.31. The van der Waals surface area contributed by atoms with Gasteiger partial charge in [0.15, 0.2) is 0 Å². The molecule has 3 aromatic carbocycles. The summed E-state index contributed by atoms with van der Waals surface area (Å²) in [6, 6.07) is 26.8. The Balaban J connectivity index is 2.09. The monoisotopic (exact) mass is 407 g/mol. The van der Waals surface area contributed by atoms with E-state index in [9.17, 15) is 4.79 Å². The van der Waals surface area contributed by atoms with E-state index < -0.39 is 11.5 Å². The number of rotatable bonds is 6. The van der Waals surface area contributed by atoms with Crippen LogP contribution in [-0.2, 0) is 9.53 Å². The number of carbonyl (C=O) groups is 1. The third-order valence-corrected chi connectivity index (χ3v) is 4.83. The Morgan fingerprint density at radius 3 is 1.90 bits per heavy atom. The van der Waals surface area contributed by atoms with Gasteiger partial charge in [-0.2, -0.15) is 0 Å². The summed E-state index contributed by atoms with van der Waals surface area (Å²) in [5.74, 6) is -0.828. The zero-order valence-electron chi connectivity index (χ0n) is 16.9. The van der Waals surface area contributed by atoms with Crippen molar-refractivity contribution in [3.8, 4) is 0 Å². The van der Waals surface area contributed by atoms with Gasteiger partial charge in [-0.05, 0) is 44.0 Å². The highest BCUT2D eigenvalue weighted by molar-refractivity contribution is 6.33. The fourth-order valence-electron chi connectivity index (χ4n) is 3.26. The molecule has 0 heterocycles. The number of ether oxygens (including phenoxy) is 1. The first-order chi connectivity index (χ1) is 13.8. The topological polar surface area (TPSA) is 38.3 Å². The highest BCUT2D eigenvalue weighted by Crippen LogP contribution is 2.37. The summed E-state index contributed by atoms with van der Waals surface area (Å²) in [6.45, 7) is 5.64. The highest BCUT2D eigenvalue weighted by atomic mass is 35.5. The number of esters is 1. The average Bonchev–Trinajstić information content (AvgIpc) is 2.69. The largest absolute Gasteiger partial charge is 0.459 e. The maximum absolute atomic E-state index is 13.4. The lowest BCUT2D eigenvalue weighted by Crippen LogP contribution is -2.33. The third kappa shape index (κ3) is 5.61. The van der Waals surface area contributed by atoms with E-state index in [-0.39, 0.29) is 12.0 Å². The quantitative estimate of drug-likeness (QED) is 0.466. The molecule has 1 N–H and O–H groups in total. The summed E-state index contributed by atoms with van der Waals surface area (Å²) in [4.78, 5) is 13.4. The summed E-state index contributed by atoms with van der Waals surface area (Å²) >= 11 is 6.41. The van der Waals surface area contributed by atoms with Gasteiger partial charge in [0.05, 0.1) is 16.8 Å². The van der Waals surface area contributed by atoms with Crippen molar-refractivity contribution >= 4 is 23.3 Å². The lowest BCUT2D eigenvalue weighted by atomic mass is 9.86. The van der Waals surface area contributed by atoms with E-state index in [4.69, 9.17) is 16.3 Å². The predicted octanol–water partition coefficient (Wildman–Crippen LogP) is 6.62. The van der Waals surface area contributed by atoms with Gasteiger partial charge in [-0.3, -0.25) is 4.79 Å². The van der Waals surface area contributed by atoms with E-state index in [0.717, 1.165) is 16.8 Å². The van der Waals surface area contributed by atoms with Gasteiger partial charge in [0.25, 0.3) is 0 Å². The van der Waals surface area contributed by atoms with Crippen LogP contribution >= 0.6 is 11.6 Å². The number of halogens is 1. The molecule has 29 heavy (non-hydrogen) atoms. The molecule has 3 aromatic rings. The Labute approximate surface area is 177 Å². The van der Waals surface area contributed by atoms with Crippen LogP contribution in [0.15, 0.2) is 84.9 Å². The van der Waals surface area contributed by atoms with Crippen LogP contribution in [0.25, 0.3) is 0 Å². The molecule has 0 spiro atoms. The Morgan fingerprint density at radius 2 is 1.34 bits per heavy atom. The molecule has 0 radical (unpaired) electrons. The zero-order chi connectivity index (χ0) is 20.9. The molecule has 3 rings (SSSR count). The van der Waals surface area contributed by atoms with Crippen molar-refractivity contribution in [3.63, 3.8) is 0 Å². The van der Waals surface area contributed by atoms with E-state index in [0.29, 0.717) is 5.02 Å². The molecule has 0 aliphatic heterocycles. The van der Waals surface area contributed by atoms with Gasteiger partial charge >= 0.3 is 5.97 Å². The van der Waals surface area contributed by atoms with Gasteiger partial charge < -0.3 is 10.1 Å². The second-order valence-electron chi connectivity index (χ2n) is 7.93. The fourth-order valence-corrected chi connectivity index (χ4v) is 3.45. The summed E-state index contributed by atoms with van der Waals surface area (Å²) in [7, 11) is 0. The van der Waals surface area contributed by atoms with Crippen LogP contribution in [0.5, 0.6) is 0 Å². The van der Waals surface area contributed by atoms with Crippen molar-refractivity contribution in [3.05, 3.63) is 101 Å². The lowest BCUT2D eigenvalue weighted by molar-refractivity contribution is -0.157. The van der Waals surface area contributed by atoms with Crippen molar-refractivity contribution < 1.29 is 9.53 Å². The SMILES string of the molecule is CC(C)(C)OC(=O)[C@@H](c1ccccc1)[C@@H](Nc1ccccc1Cl)c1ccccc1. The number of hydrogen-bond donors (Lipinski definition) is 1. The summed E-state index contributed by atoms with van der Waals surface area (Å²) < 4.78 is 5.81. The van der Waals surface area contributed by atoms with Gasteiger partial charge in [-0.1, -0.05) is 84.4 Å². The third-order valence-electron chi connectivity index (χ3n) is 4.50. The molecule has 0 bridgehead atoms. The van der Waals surface area contributed by atoms with E-state index in [2.05, 4.69) is 5.32 Å². The molecule has 0 aliphatic carbocycles. The van der Waals surface area contributed by atoms with Gasteiger partial charge in [0.2, 0.25) is 0 Å². The minimum atomic E-state index is -0.588. The van der Waals surface area contributed by atoms with Crippen LogP contribution in [0.3, 0.4) is 0 Å². The Kier molecular flexibility index (Phi) is 6.60. The standard InChI is InChI=1S/C25H26ClNO2/c1-25(2,3)29-24(28)22(18-12-6-4-7-13-18)23(19-14-8-5-9-15-19)27-21-17-11-10-16-20(21)26/h4-17,22-23,27H,1-3H3/t22-,23-/m0/s1. The van der Waals surface area contributed by atoms with E-state index in [1.54, 1.807) is 0 Å². The van der Waals surface area contributed by atoms with Crippen LogP contribution in [0.4, 0.5) is 5.69 Å². The Morgan fingerprint density at radius 1 is 0.828 bits per heavy atom. The molecule has 0 aliphatic rings. The van der Waals surface area contributed by atoms with Gasteiger partial charge in [-0.25, -0.2) is 0 Å². The normalized spacial score (nSPS) is 13.4. The van der Waals surface area contributed by atoms with Gasteiger partial charge in [0, 0.05) is 0 Å². The summed E-state index contributed by atoms with van der Waals surface area (Å²) in [6.07, 6.45) is 0. The number of nitrogens with one attached hydrogen (secondary N) is 1. The first-order valence-corrected chi connectivity index (χ1v) is 10.1. The van der Waals surface area contributed by atoms with Crippen molar-refractivity contribution in [2.45, 2.75) is 38.3 Å². The number of para-hydroxylation sites is 1. The first-order valence-electron chi connectivity index (χ1n) is 9.69. The Bertz CT molecular complexity index is 936. The predicted molar refractivity (Wildman–Crippen MR) is 119 cm³/mol. The summed E-state index contributed by atoms with van der Waals surface area (Å²) in [5.41, 5.74) is 2.05. The molecule has 4 heteroatoms. The van der Waals surface area contributed by atoms with Crippen LogP contribution in [0.1, 0.15) is 43.9 Å². The second kappa shape index (κ2) is 9.15. The first kappa shape index (κ1) is 20.9. The van der Waals surface area contributed by atoms with Gasteiger partial charge in [0.1, 0.15) is 11.5 Å². The molecule has 0 unspecified atom stereocenters. The minimum Gasteiger partial charge on any atom is -0.459 e. The zero-order valence-corrected chi connectivity index (χ0v) is 17.7. The number of benzene rings is 3. The number of anilines is 1. The maximum Gasteiger partial charge on any atom is 0.316 e. The van der Waals surface area contributed by atoms with E-state index in [1.165, 1.54) is 0 Å². The van der Waals surface area contributed by atoms with Crippen molar-refractivity contribution in [1.29, 1.82) is 0 Å². The molecule has 0 aromatic heterocycles. The minimum absolute atomic E-state index is 0.280. The molecule has 0 amide bonds. The summed E-state index contributed by atoms with van der Waals surface area (Å²) in [5, 5.41) is 4.10. The number of carbonyl (C=O) groups excluding carboxylic acids is 1. The van der Waals surface area contributed by atoms with Gasteiger partial charge in [-0.15, -0.1) is 0 Å². The number of hydrogen-bond acceptors (Lipinski definition) is 3. The van der Waals surface area contributed by atoms with Crippen LogP contribution in [-0.4, -0.2) is 11.6 Å². The molecule has 0 saturated heterocycles. The molecule has 0 saturated carbocycles. The van der Waals surface area contributed by atoms with E-state index in [1.807, 2.05) is 106 Å². The fraction of sp³-hybridized carbons (Fsp3) is 0.240. The van der Waals surface area contributed by atoms with Crippen molar-refractivity contribution in [2.24, 2.45) is 0 Å². The van der Waals surface area contributed by atoms with Crippen molar-refractivity contribution in [2.75, 3.05) is 5.32 Å². The molecule has 0 fully saturated rings. The maximum atomic E-state index is 13.4. The molecular formula is C25H26ClNO2. The molecule has 150 valence electrons. The van der Waals surface area contributed by atoms with Crippen LogP contribution in [0.2, 0.25) is 5.02 Å².